The molecular weight excluding hydrogens is 456 g/mol. The maximum absolute atomic E-state index is 13.0. The zero-order chi connectivity index (χ0) is 25.0. The highest BCUT2D eigenvalue weighted by Crippen LogP contribution is 2.64. The van der Waals surface area contributed by atoms with Gasteiger partial charge in [0.05, 0.1) is 5.41 Å². The van der Waals surface area contributed by atoms with E-state index < -0.39 is 0 Å². The van der Waals surface area contributed by atoms with E-state index in [1.807, 2.05) is 6.07 Å². The molecule has 194 valence electrons. The van der Waals surface area contributed by atoms with Crippen LogP contribution in [-0.4, -0.2) is 43.0 Å². The lowest BCUT2D eigenvalue weighted by molar-refractivity contribution is -0.118. The number of nitrogens with zero attached hydrogens (tertiary/aromatic N) is 1. The Morgan fingerprint density at radius 3 is 2.65 bits per heavy atom. The van der Waals surface area contributed by atoms with Gasteiger partial charge in [0, 0.05) is 17.8 Å². The second kappa shape index (κ2) is 9.37. The summed E-state index contributed by atoms with van der Waals surface area (Å²) in [6, 6.07) is 18.4. The molecule has 3 heterocycles. The summed E-state index contributed by atoms with van der Waals surface area (Å²) in [6.45, 7) is 2.48. The minimum Gasteiger partial charge on any atom is -0.325 e. The quantitative estimate of drug-likeness (QED) is 0.559. The van der Waals surface area contributed by atoms with Crippen molar-refractivity contribution in [3.63, 3.8) is 0 Å². The van der Waals surface area contributed by atoms with Gasteiger partial charge in [-0.2, -0.15) is 0 Å². The summed E-state index contributed by atoms with van der Waals surface area (Å²) < 4.78 is 0. The summed E-state index contributed by atoms with van der Waals surface area (Å²) >= 11 is 0. The Bertz CT molecular complexity index is 1180. The average molecular weight is 497 g/mol. The van der Waals surface area contributed by atoms with Crippen LogP contribution in [0.1, 0.15) is 55.2 Å². The van der Waals surface area contributed by atoms with E-state index in [1.54, 1.807) is 0 Å². The van der Waals surface area contributed by atoms with Crippen molar-refractivity contribution in [1.29, 1.82) is 0 Å². The first kappa shape index (κ1) is 23.6. The summed E-state index contributed by atoms with van der Waals surface area (Å²) in [5, 5.41) is 3.15. The Balaban J connectivity index is 0.946. The second-order valence-corrected chi connectivity index (χ2v) is 12.5. The molecule has 2 aromatic carbocycles. The summed E-state index contributed by atoms with van der Waals surface area (Å²) in [7, 11) is 2.23. The molecule has 5 aliphatic rings. The van der Waals surface area contributed by atoms with Crippen molar-refractivity contribution in [3.8, 4) is 0 Å². The largest absolute Gasteiger partial charge is 0.325 e. The second-order valence-electron chi connectivity index (χ2n) is 12.5. The van der Waals surface area contributed by atoms with Gasteiger partial charge < -0.3 is 10.2 Å². The molecule has 5 heteroatoms. The molecule has 2 aliphatic carbocycles. The van der Waals surface area contributed by atoms with E-state index >= 15 is 0 Å². The molecule has 7 rings (SSSR count). The van der Waals surface area contributed by atoms with Crippen LogP contribution in [0.5, 0.6) is 0 Å². The molecule has 1 amide bonds. The predicted octanol–water partition coefficient (Wildman–Crippen LogP) is 4.76. The molecule has 2 saturated carbocycles. The number of piperidine rings is 1. The standard InChI is InChI=1S/C32H40N4O/c1-36-16-14-23(15-17-36)18-22-8-6-21(7-9-22)10-13-28-25-12-11-24(19-30(25)35-34-28)27-20-32(27)26-4-2-3-5-29(26)33-31(32)37/h2-10,13,23-25,27-28,30,34-35H,11-12,14-20H2,1H3,(H,33,37)/b13-10+/t24?,25?,27-,28?,30?,32-/m0/s1. The van der Waals surface area contributed by atoms with Crippen LogP contribution in [0, 0.1) is 23.7 Å². The number of benzene rings is 2. The topological polar surface area (TPSA) is 56.4 Å². The number of carbonyl (C=O) groups is 1. The Kier molecular flexibility index (Phi) is 5.99. The van der Waals surface area contributed by atoms with Gasteiger partial charge in [0.15, 0.2) is 0 Å². The fourth-order valence-electron chi connectivity index (χ4n) is 8.03. The molecule has 4 fully saturated rings. The van der Waals surface area contributed by atoms with Gasteiger partial charge in [-0.3, -0.25) is 15.6 Å². The normalized spacial score (nSPS) is 35.6. The van der Waals surface area contributed by atoms with Crippen molar-refractivity contribution < 1.29 is 4.79 Å². The van der Waals surface area contributed by atoms with Gasteiger partial charge in [-0.15, -0.1) is 0 Å². The van der Waals surface area contributed by atoms with E-state index in [1.165, 1.54) is 61.9 Å². The number of hydrogen-bond donors (Lipinski definition) is 3. The maximum atomic E-state index is 13.0. The molecule has 3 N–H and O–H groups in total. The minimum atomic E-state index is -0.251. The zero-order valence-corrected chi connectivity index (χ0v) is 22.0. The highest BCUT2D eigenvalue weighted by atomic mass is 16.2. The zero-order valence-electron chi connectivity index (χ0n) is 22.0. The maximum Gasteiger partial charge on any atom is 0.235 e. The van der Waals surface area contributed by atoms with Crippen LogP contribution in [0.4, 0.5) is 5.69 Å². The van der Waals surface area contributed by atoms with Gasteiger partial charge in [0.25, 0.3) is 0 Å². The SMILES string of the molecule is CN1CCC(Cc2ccc(/C=C/C3NNC4CC([C@@H]5C[C@@]56C(=O)Nc5ccccc56)CCC34)cc2)CC1. The fraction of sp³-hybridized carbons (Fsp3) is 0.531. The van der Waals surface area contributed by atoms with E-state index in [0.717, 1.165) is 24.4 Å². The van der Waals surface area contributed by atoms with Gasteiger partial charge in [-0.25, -0.2) is 0 Å². The van der Waals surface area contributed by atoms with Crippen molar-refractivity contribution >= 4 is 17.7 Å². The average Bonchev–Trinajstić information content (AvgIpc) is 3.46. The number of carbonyl (C=O) groups excluding carboxylic acids is 1. The Hall–Kier alpha value is -2.47. The first-order chi connectivity index (χ1) is 18.1. The van der Waals surface area contributed by atoms with Crippen molar-refractivity contribution in [2.75, 3.05) is 25.5 Å². The number of anilines is 1. The smallest absolute Gasteiger partial charge is 0.235 e. The third kappa shape index (κ3) is 4.25. The monoisotopic (exact) mass is 496 g/mol. The molecule has 0 aromatic heterocycles. The summed E-state index contributed by atoms with van der Waals surface area (Å²) in [6.07, 6.45) is 13.1. The van der Waals surface area contributed by atoms with Crippen LogP contribution in [0.15, 0.2) is 54.6 Å². The van der Waals surface area contributed by atoms with Crippen molar-refractivity contribution in [2.45, 2.75) is 62.4 Å². The van der Waals surface area contributed by atoms with Crippen molar-refractivity contribution in [1.82, 2.24) is 15.8 Å². The molecule has 37 heavy (non-hydrogen) atoms. The van der Waals surface area contributed by atoms with E-state index in [0.29, 0.717) is 29.8 Å². The minimum absolute atomic E-state index is 0.233. The number of hydrazine groups is 1. The number of fused-ring (bicyclic) bond motifs is 3. The third-order valence-electron chi connectivity index (χ3n) is 10.3. The molecule has 0 radical (unpaired) electrons. The predicted molar refractivity (Wildman–Crippen MR) is 149 cm³/mol. The number of likely N-dealkylation sites (tertiary alicyclic amines) is 1. The number of amides is 1. The van der Waals surface area contributed by atoms with Crippen LogP contribution in [0.2, 0.25) is 0 Å². The molecule has 6 atom stereocenters. The Morgan fingerprint density at radius 1 is 1.00 bits per heavy atom. The van der Waals surface area contributed by atoms with Crippen LogP contribution >= 0.6 is 0 Å². The fourth-order valence-corrected chi connectivity index (χ4v) is 8.03. The number of hydrogen-bond acceptors (Lipinski definition) is 4. The van der Waals surface area contributed by atoms with Crippen LogP contribution < -0.4 is 16.2 Å². The van der Waals surface area contributed by atoms with E-state index in [9.17, 15) is 4.79 Å². The summed E-state index contributed by atoms with van der Waals surface area (Å²) in [5.74, 6) is 2.79. The lowest BCUT2D eigenvalue weighted by Gasteiger charge is -2.33. The number of rotatable bonds is 5. The molecule has 3 aliphatic heterocycles. The first-order valence-corrected chi connectivity index (χ1v) is 14.5. The summed E-state index contributed by atoms with van der Waals surface area (Å²) in [4.78, 5) is 15.4. The lowest BCUT2D eigenvalue weighted by Crippen LogP contribution is -2.37. The van der Waals surface area contributed by atoms with Gasteiger partial charge in [-0.05, 0) is 112 Å². The van der Waals surface area contributed by atoms with Crippen molar-refractivity contribution in [3.05, 3.63) is 71.3 Å². The van der Waals surface area contributed by atoms with Crippen LogP contribution in [0.25, 0.3) is 6.08 Å². The van der Waals surface area contributed by atoms with E-state index in [2.05, 4.69) is 82.7 Å². The van der Waals surface area contributed by atoms with E-state index in [-0.39, 0.29) is 11.3 Å². The first-order valence-electron chi connectivity index (χ1n) is 14.5. The molecule has 1 spiro atoms. The number of nitrogens with one attached hydrogen (secondary N) is 3. The molecule has 2 saturated heterocycles. The molecule has 0 bridgehead atoms. The molecule has 5 nitrogen and oxygen atoms in total. The van der Waals surface area contributed by atoms with Crippen LogP contribution in [0.3, 0.4) is 0 Å². The highest BCUT2D eigenvalue weighted by Gasteiger charge is 2.67. The van der Waals surface area contributed by atoms with Gasteiger partial charge in [0.2, 0.25) is 5.91 Å². The highest BCUT2D eigenvalue weighted by molar-refractivity contribution is 6.08. The summed E-state index contributed by atoms with van der Waals surface area (Å²) in [5.41, 5.74) is 12.0. The van der Waals surface area contributed by atoms with Crippen molar-refractivity contribution in [2.24, 2.45) is 23.7 Å². The molecule has 2 aromatic rings. The number of para-hydroxylation sites is 1. The van der Waals surface area contributed by atoms with Gasteiger partial charge in [0.1, 0.15) is 0 Å². The van der Waals surface area contributed by atoms with Gasteiger partial charge >= 0.3 is 0 Å². The Morgan fingerprint density at radius 2 is 1.81 bits per heavy atom. The lowest BCUT2D eigenvalue weighted by atomic mass is 9.73. The third-order valence-corrected chi connectivity index (χ3v) is 10.3. The van der Waals surface area contributed by atoms with Crippen LogP contribution in [-0.2, 0) is 16.6 Å². The van der Waals surface area contributed by atoms with Gasteiger partial charge in [-0.1, -0.05) is 54.6 Å². The molecular formula is C32H40N4O. The Labute approximate surface area is 221 Å². The molecule has 4 unspecified atom stereocenters. The van der Waals surface area contributed by atoms with E-state index in [4.69, 9.17) is 0 Å².